The molecular formula is C12H41N3O3. The molecule has 0 aliphatic heterocycles. The molecule has 0 aromatic rings. The topological polar surface area (TPSA) is 106 Å². The Balaban J connectivity index is -0.0000000403. The third-order valence-electron chi connectivity index (χ3n) is 1.18. The molecule has 6 nitrogen and oxygen atoms in total. The van der Waals surface area contributed by atoms with Gasteiger partial charge in [0, 0.05) is 0 Å². The summed E-state index contributed by atoms with van der Waals surface area (Å²) in [5.41, 5.74) is 15.4. The summed E-state index contributed by atoms with van der Waals surface area (Å²) in [6.45, 7) is 1.19. The van der Waals surface area contributed by atoms with Crippen molar-refractivity contribution in [3.05, 3.63) is 0 Å². The van der Waals surface area contributed by atoms with Crippen molar-refractivity contribution in [3.8, 4) is 0 Å². The fraction of sp³-hybridized carbons (Fsp3) is 1.00. The molecule has 0 aliphatic carbocycles. The Morgan fingerprint density at radius 1 is 0.611 bits per heavy atom. The lowest BCUT2D eigenvalue weighted by Crippen LogP contribution is -2.30. The van der Waals surface area contributed by atoms with Crippen molar-refractivity contribution >= 4 is 0 Å². The van der Waals surface area contributed by atoms with Crippen LogP contribution in [0.5, 0.6) is 0 Å². The minimum Gasteiger partial charge on any atom is -0.364 e. The maximum absolute atomic E-state index is 5.18. The van der Waals surface area contributed by atoms with E-state index in [0.29, 0.717) is 13.2 Å². The van der Waals surface area contributed by atoms with Gasteiger partial charge in [-0.1, -0.05) is 44.6 Å². The van der Waals surface area contributed by atoms with E-state index in [4.69, 9.17) is 31.4 Å². The van der Waals surface area contributed by atoms with Crippen molar-refractivity contribution in [1.82, 2.24) is 0 Å². The predicted molar refractivity (Wildman–Crippen MR) is 84.3 cm³/mol. The monoisotopic (exact) mass is 275 g/mol. The average molecular weight is 275 g/mol. The third kappa shape index (κ3) is 29.7. The molecule has 0 rings (SSSR count). The Kier molecular flexibility index (Phi) is 86.1. The first kappa shape index (κ1) is 43.1. The fourth-order valence-electron chi connectivity index (χ4n) is 0.679. The minimum atomic E-state index is -0.193. The first-order valence-electron chi connectivity index (χ1n) is 3.72. The number of rotatable bonds is 8. The fourth-order valence-corrected chi connectivity index (χ4v) is 0.679. The van der Waals surface area contributed by atoms with E-state index in [0.717, 1.165) is 0 Å². The molecule has 0 heterocycles. The molecule has 0 spiro atoms. The molecule has 0 radical (unpaired) electrons. The highest BCUT2D eigenvalue weighted by Crippen LogP contribution is 1.92. The summed E-state index contributed by atoms with van der Waals surface area (Å²) in [6.07, 6.45) is -0.193. The lowest BCUT2D eigenvalue weighted by atomic mass is 10.4. The van der Waals surface area contributed by atoms with Crippen LogP contribution in [0.1, 0.15) is 44.6 Å². The van der Waals surface area contributed by atoms with Crippen LogP contribution in [0.4, 0.5) is 0 Å². The Hall–Kier alpha value is -0.240. The smallest absolute Gasteiger partial charge is 0.106 e. The number of ether oxygens (including phenoxy) is 3. The number of hydrogen-bond acceptors (Lipinski definition) is 6. The van der Waals surface area contributed by atoms with E-state index >= 15 is 0 Å². The second-order valence-electron chi connectivity index (χ2n) is 2.03. The number of hydrogen-bond donors (Lipinski definition) is 3. The van der Waals surface area contributed by atoms with Gasteiger partial charge in [-0.15, -0.1) is 0 Å². The van der Waals surface area contributed by atoms with E-state index in [1.807, 2.05) is 0 Å². The SMILES string of the molecule is C.C.C.C.C.C.NCOCC(COCN)OCN. The van der Waals surface area contributed by atoms with Crippen LogP contribution < -0.4 is 17.2 Å². The summed E-state index contributed by atoms with van der Waals surface area (Å²) in [5.74, 6) is 0. The second-order valence-corrected chi connectivity index (χ2v) is 2.03. The molecule has 6 N–H and O–H groups in total. The van der Waals surface area contributed by atoms with Crippen LogP contribution in [0, 0.1) is 0 Å². The Labute approximate surface area is 116 Å². The Morgan fingerprint density at radius 3 is 1.17 bits per heavy atom. The molecule has 122 valence electrons. The van der Waals surface area contributed by atoms with E-state index in [2.05, 4.69) is 0 Å². The minimum absolute atomic E-state index is 0. The second kappa shape index (κ2) is 36.0. The highest BCUT2D eigenvalue weighted by molar-refractivity contribution is 4.53. The van der Waals surface area contributed by atoms with Gasteiger partial charge in [0.1, 0.15) is 6.10 Å². The van der Waals surface area contributed by atoms with Gasteiger partial charge in [0.05, 0.1) is 33.4 Å². The quantitative estimate of drug-likeness (QED) is 0.585. The molecule has 0 unspecified atom stereocenters. The lowest BCUT2D eigenvalue weighted by molar-refractivity contribution is -0.0565. The Bertz CT molecular complexity index is 90.6. The zero-order chi connectivity index (χ0) is 9.23. The molecule has 18 heavy (non-hydrogen) atoms. The van der Waals surface area contributed by atoms with Crippen LogP contribution in [0.25, 0.3) is 0 Å². The summed E-state index contributed by atoms with van der Waals surface area (Å²) in [4.78, 5) is 0. The van der Waals surface area contributed by atoms with Gasteiger partial charge >= 0.3 is 0 Å². The van der Waals surface area contributed by atoms with E-state index in [-0.39, 0.29) is 70.9 Å². The van der Waals surface area contributed by atoms with Gasteiger partial charge in [-0.2, -0.15) is 0 Å². The highest BCUT2D eigenvalue weighted by atomic mass is 16.6. The van der Waals surface area contributed by atoms with Crippen molar-refractivity contribution < 1.29 is 14.2 Å². The van der Waals surface area contributed by atoms with E-state index < -0.39 is 0 Å². The summed E-state index contributed by atoms with van der Waals surface area (Å²) in [6, 6.07) is 0. The van der Waals surface area contributed by atoms with Gasteiger partial charge in [0.15, 0.2) is 0 Å². The zero-order valence-electron chi connectivity index (χ0n) is 7.07. The summed E-state index contributed by atoms with van der Waals surface area (Å²) in [5, 5.41) is 0. The van der Waals surface area contributed by atoms with Gasteiger partial charge in [-0.3, -0.25) is 0 Å². The molecule has 0 aromatic carbocycles. The van der Waals surface area contributed by atoms with Crippen LogP contribution in [-0.2, 0) is 14.2 Å². The van der Waals surface area contributed by atoms with Gasteiger partial charge < -0.3 is 31.4 Å². The first-order valence-corrected chi connectivity index (χ1v) is 3.72. The van der Waals surface area contributed by atoms with Gasteiger partial charge in [-0.05, 0) is 0 Å². The molecule has 0 amide bonds. The van der Waals surface area contributed by atoms with Crippen LogP contribution in [0.3, 0.4) is 0 Å². The van der Waals surface area contributed by atoms with E-state index in [9.17, 15) is 0 Å². The van der Waals surface area contributed by atoms with Gasteiger partial charge in [0.2, 0.25) is 0 Å². The van der Waals surface area contributed by atoms with Gasteiger partial charge in [-0.25, -0.2) is 0 Å². The molecule has 0 saturated heterocycles. The maximum Gasteiger partial charge on any atom is 0.106 e. The normalized spacial score (nSPS) is 7.33. The molecule has 0 aromatic heterocycles. The predicted octanol–water partition coefficient (Wildman–Crippen LogP) is 1.97. The molecular weight excluding hydrogens is 234 g/mol. The summed E-state index contributed by atoms with van der Waals surface area (Å²) in [7, 11) is 0. The summed E-state index contributed by atoms with van der Waals surface area (Å²) >= 11 is 0. The third-order valence-corrected chi connectivity index (χ3v) is 1.18. The summed E-state index contributed by atoms with van der Waals surface area (Å²) < 4.78 is 14.9. The highest BCUT2D eigenvalue weighted by Gasteiger charge is 2.07. The lowest BCUT2D eigenvalue weighted by Gasteiger charge is -2.15. The largest absolute Gasteiger partial charge is 0.364 e. The van der Waals surface area contributed by atoms with Crippen molar-refractivity contribution in [2.24, 2.45) is 17.2 Å². The van der Waals surface area contributed by atoms with E-state index in [1.54, 1.807) is 0 Å². The Morgan fingerprint density at radius 2 is 0.944 bits per heavy atom. The molecule has 6 heteroatoms. The van der Waals surface area contributed by atoms with Crippen LogP contribution in [0.15, 0.2) is 0 Å². The molecule has 0 atom stereocenters. The van der Waals surface area contributed by atoms with Crippen LogP contribution in [0.2, 0.25) is 0 Å². The van der Waals surface area contributed by atoms with Gasteiger partial charge in [0.25, 0.3) is 0 Å². The molecule has 0 fully saturated rings. The van der Waals surface area contributed by atoms with Crippen molar-refractivity contribution in [2.45, 2.75) is 50.7 Å². The molecule has 0 aliphatic rings. The molecule has 0 bridgehead atoms. The van der Waals surface area contributed by atoms with Crippen molar-refractivity contribution in [2.75, 3.05) is 33.4 Å². The van der Waals surface area contributed by atoms with Crippen LogP contribution in [-0.4, -0.2) is 39.5 Å². The van der Waals surface area contributed by atoms with Crippen molar-refractivity contribution in [1.29, 1.82) is 0 Å². The van der Waals surface area contributed by atoms with Crippen LogP contribution >= 0.6 is 0 Å². The maximum atomic E-state index is 5.18. The van der Waals surface area contributed by atoms with Crippen molar-refractivity contribution in [3.63, 3.8) is 0 Å². The van der Waals surface area contributed by atoms with E-state index in [1.165, 1.54) is 0 Å². The zero-order valence-corrected chi connectivity index (χ0v) is 7.07. The first-order chi connectivity index (χ1) is 5.85. The standard InChI is InChI=1S/C6H17N3O3.6CH4/c7-3-10-1-6(12-5-9)2-11-4-8;;;;;;/h6H,1-5,7-9H2;6*1H4. The average Bonchev–Trinajstić information content (AvgIpc) is 2.10. The number of nitrogens with two attached hydrogens (primary N) is 3. The molecule has 0 saturated carbocycles.